The minimum atomic E-state index is 1.12. The lowest BCUT2D eigenvalue weighted by atomic mass is 9.97. The lowest BCUT2D eigenvalue weighted by molar-refractivity contribution is 1.29. The molecule has 9 aromatic carbocycles. The molecule has 10 rings (SSSR count). The van der Waals surface area contributed by atoms with Crippen molar-refractivity contribution in [3.63, 3.8) is 0 Å². The molecule has 0 spiro atoms. The van der Waals surface area contributed by atoms with Crippen LogP contribution < -0.4 is 4.90 Å². The molecule has 244 valence electrons. The monoisotopic (exact) mass is 679 g/mol. The molecular formula is C50H33NS. The Morgan fingerprint density at radius 2 is 0.750 bits per heavy atom. The Labute approximate surface area is 307 Å². The molecule has 1 aromatic heterocycles. The molecule has 10 aromatic rings. The third kappa shape index (κ3) is 5.33. The topological polar surface area (TPSA) is 3.24 Å². The van der Waals surface area contributed by atoms with Crippen molar-refractivity contribution >= 4 is 70.1 Å². The smallest absolute Gasteiger partial charge is 0.0468 e. The van der Waals surface area contributed by atoms with E-state index in [9.17, 15) is 0 Å². The van der Waals surface area contributed by atoms with Crippen LogP contribution in [0.15, 0.2) is 200 Å². The maximum atomic E-state index is 2.39. The van der Waals surface area contributed by atoms with Gasteiger partial charge in [0.1, 0.15) is 0 Å². The van der Waals surface area contributed by atoms with Crippen LogP contribution in [0.4, 0.5) is 17.1 Å². The average molecular weight is 680 g/mol. The standard InChI is InChI=1S/C50H33NS/c1-2-10-34(11-3-1)39-24-30-49-47(32-39)48-33-42(29-31-50(48)52-49)51(40-25-20-37(21-26-40)45-18-8-14-35-12-4-6-16-43(35)45)41-27-22-38(23-28-41)46-19-9-15-36-13-5-7-17-44(36)46/h1-33H. The fourth-order valence-corrected chi connectivity index (χ4v) is 8.76. The summed E-state index contributed by atoms with van der Waals surface area (Å²) in [4.78, 5) is 2.39. The van der Waals surface area contributed by atoms with E-state index in [4.69, 9.17) is 0 Å². The van der Waals surface area contributed by atoms with Crippen LogP contribution in [-0.4, -0.2) is 0 Å². The zero-order chi connectivity index (χ0) is 34.4. The first-order chi connectivity index (χ1) is 25.8. The molecule has 0 bridgehead atoms. The van der Waals surface area contributed by atoms with E-state index in [0.29, 0.717) is 0 Å². The average Bonchev–Trinajstić information content (AvgIpc) is 3.59. The number of rotatable bonds is 6. The lowest BCUT2D eigenvalue weighted by Crippen LogP contribution is -2.09. The summed E-state index contributed by atoms with van der Waals surface area (Å²) >= 11 is 1.86. The minimum Gasteiger partial charge on any atom is -0.310 e. The van der Waals surface area contributed by atoms with Gasteiger partial charge in [-0.15, -0.1) is 11.3 Å². The van der Waals surface area contributed by atoms with Gasteiger partial charge in [-0.05, 0) is 110 Å². The van der Waals surface area contributed by atoms with Gasteiger partial charge in [0.05, 0.1) is 0 Å². The third-order valence-corrected chi connectivity index (χ3v) is 11.4. The zero-order valence-electron chi connectivity index (χ0n) is 28.4. The summed E-state index contributed by atoms with van der Waals surface area (Å²) in [6.45, 7) is 0. The van der Waals surface area contributed by atoms with E-state index in [2.05, 4.69) is 205 Å². The number of anilines is 3. The van der Waals surface area contributed by atoms with E-state index < -0.39 is 0 Å². The Hall–Kier alpha value is -6.48. The van der Waals surface area contributed by atoms with E-state index >= 15 is 0 Å². The summed E-state index contributed by atoms with van der Waals surface area (Å²) in [7, 11) is 0. The Bertz CT molecular complexity index is 2750. The number of hydrogen-bond donors (Lipinski definition) is 0. The highest BCUT2D eigenvalue weighted by molar-refractivity contribution is 7.25. The van der Waals surface area contributed by atoms with Gasteiger partial charge in [0.2, 0.25) is 0 Å². The van der Waals surface area contributed by atoms with Crippen LogP contribution >= 0.6 is 11.3 Å². The maximum Gasteiger partial charge on any atom is 0.0468 e. The summed E-state index contributed by atoms with van der Waals surface area (Å²) in [6.07, 6.45) is 0. The van der Waals surface area contributed by atoms with Gasteiger partial charge >= 0.3 is 0 Å². The van der Waals surface area contributed by atoms with Crippen LogP contribution in [0.5, 0.6) is 0 Å². The molecule has 0 amide bonds. The highest BCUT2D eigenvalue weighted by Crippen LogP contribution is 2.43. The summed E-state index contributed by atoms with van der Waals surface area (Å²) in [5.74, 6) is 0. The summed E-state index contributed by atoms with van der Waals surface area (Å²) in [5, 5.41) is 7.61. The number of fused-ring (bicyclic) bond motifs is 5. The van der Waals surface area contributed by atoms with Gasteiger partial charge in [0.25, 0.3) is 0 Å². The maximum absolute atomic E-state index is 2.39. The van der Waals surface area contributed by atoms with Crippen LogP contribution in [-0.2, 0) is 0 Å². The van der Waals surface area contributed by atoms with Crippen molar-refractivity contribution in [1.82, 2.24) is 0 Å². The number of hydrogen-bond acceptors (Lipinski definition) is 2. The van der Waals surface area contributed by atoms with Crippen molar-refractivity contribution in [1.29, 1.82) is 0 Å². The first-order valence-corrected chi connectivity index (χ1v) is 18.6. The molecule has 0 saturated heterocycles. The first kappa shape index (κ1) is 30.4. The molecule has 0 aliphatic heterocycles. The second-order valence-electron chi connectivity index (χ2n) is 13.3. The summed E-state index contributed by atoms with van der Waals surface area (Å²) < 4.78 is 2.60. The Morgan fingerprint density at radius 1 is 0.288 bits per heavy atom. The molecule has 0 fully saturated rings. The van der Waals surface area contributed by atoms with E-state index in [1.807, 2.05) is 11.3 Å². The highest BCUT2D eigenvalue weighted by atomic mass is 32.1. The Balaban J connectivity index is 1.11. The molecule has 2 heteroatoms. The van der Waals surface area contributed by atoms with Gasteiger partial charge in [-0.3, -0.25) is 0 Å². The minimum absolute atomic E-state index is 1.12. The van der Waals surface area contributed by atoms with E-state index in [1.165, 1.54) is 75.1 Å². The van der Waals surface area contributed by atoms with Gasteiger partial charge in [-0.2, -0.15) is 0 Å². The molecule has 52 heavy (non-hydrogen) atoms. The molecule has 0 saturated carbocycles. The van der Waals surface area contributed by atoms with Gasteiger partial charge in [0, 0.05) is 37.2 Å². The zero-order valence-corrected chi connectivity index (χ0v) is 29.2. The van der Waals surface area contributed by atoms with Gasteiger partial charge in [-0.1, -0.05) is 146 Å². The van der Waals surface area contributed by atoms with E-state index in [0.717, 1.165) is 17.1 Å². The van der Waals surface area contributed by atoms with Crippen molar-refractivity contribution in [2.75, 3.05) is 4.90 Å². The fraction of sp³-hybridized carbons (Fsp3) is 0. The van der Waals surface area contributed by atoms with Crippen LogP contribution in [0.1, 0.15) is 0 Å². The largest absolute Gasteiger partial charge is 0.310 e. The Kier molecular flexibility index (Phi) is 7.41. The predicted octanol–water partition coefficient (Wildman–Crippen LogP) is 14.8. The highest BCUT2D eigenvalue weighted by Gasteiger charge is 2.17. The molecule has 0 N–H and O–H groups in total. The third-order valence-electron chi connectivity index (χ3n) is 10.3. The number of benzene rings is 9. The normalized spacial score (nSPS) is 11.5. The van der Waals surface area contributed by atoms with Gasteiger partial charge in [0.15, 0.2) is 0 Å². The van der Waals surface area contributed by atoms with Gasteiger partial charge < -0.3 is 4.90 Å². The van der Waals surface area contributed by atoms with Crippen molar-refractivity contribution < 1.29 is 0 Å². The van der Waals surface area contributed by atoms with Crippen LogP contribution in [0, 0.1) is 0 Å². The quantitative estimate of drug-likeness (QED) is 0.169. The molecule has 0 aliphatic rings. The molecular weight excluding hydrogens is 647 g/mol. The molecule has 1 nitrogen and oxygen atoms in total. The molecule has 0 unspecified atom stereocenters. The van der Waals surface area contributed by atoms with Crippen LogP contribution in [0.2, 0.25) is 0 Å². The second kappa shape index (κ2) is 12.7. The number of thiophene rings is 1. The second-order valence-corrected chi connectivity index (χ2v) is 14.4. The van der Waals surface area contributed by atoms with Crippen molar-refractivity contribution in [2.45, 2.75) is 0 Å². The molecule has 1 heterocycles. The predicted molar refractivity (Wildman–Crippen MR) is 225 cm³/mol. The van der Waals surface area contributed by atoms with E-state index in [1.54, 1.807) is 0 Å². The van der Waals surface area contributed by atoms with Crippen molar-refractivity contribution in [2.24, 2.45) is 0 Å². The first-order valence-electron chi connectivity index (χ1n) is 17.8. The SMILES string of the molecule is c1ccc(-c2ccc3sc4ccc(N(c5ccc(-c6cccc7ccccc67)cc5)c5ccc(-c6cccc7ccccc67)cc5)cc4c3c2)cc1. The Morgan fingerprint density at radius 3 is 1.35 bits per heavy atom. The fourth-order valence-electron chi connectivity index (χ4n) is 7.70. The summed E-state index contributed by atoms with van der Waals surface area (Å²) in [5.41, 5.74) is 10.7. The van der Waals surface area contributed by atoms with Gasteiger partial charge in [-0.25, -0.2) is 0 Å². The van der Waals surface area contributed by atoms with E-state index in [-0.39, 0.29) is 0 Å². The lowest BCUT2D eigenvalue weighted by Gasteiger charge is -2.26. The van der Waals surface area contributed by atoms with Crippen molar-refractivity contribution in [3.05, 3.63) is 200 Å². The summed E-state index contributed by atoms with van der Waals surface area (Å²) in [6, 6.07) is 73.0. The number of nitrogens with zero attached hydrogens (tertiary/aromatic N) is 1. The molecule has 0 radical (unpaired) electrons. The van der Waals surface area contributed by atoms with Crippen LogP contribution in [0.25, 0.3) is 75.1 Å². The van der Waals surface area contributed by atoms with Crippen molar-refractivity contribution in [3.8, 4) is 33.4 Å². The van der Waals surface area contributed by atoms with Crippen LogP contribution in [0.3, 0.4) is 0 Å². The molecule has 0 atom stereocenters. The molecule has 0 aliphatic carbocycles.